The maximum atomic E-state index is 12.5. The number of aromatic hydroxyl groups is 1. The smallest absolute Gasteiger partial charge is 0.295 e. The molecule has 0 bridgehead atoms. The summed E-state index contributed by atoms with van der Waals surface area (Å²) in [5.41, 5.74) is -1.24. The Bertz CT molecular complexity index is 1230. The molecule has 0 fully saturated rings. The summed E-state index contributed by atoms with van der Waals surface area (Å²) in [5.74, 6) is -1.42. The Hall–Kier alpha value is -4.27. The minimum absolute atomic E-state index is 0.0585. The molecule has 1 aromatic heterocycles. The van der Waals surface area contributed by atoms with Crippen LogP contribution < -0.4 is 0 Å². The number of non-ortho nitro benzene ring substituents is 2. The number of fused-ring (bicyclic) bond motifs is 1. The molecule has 3 aromatic rings. The molecule has 3 rings (SSSR count). The molecule has 2 aromatic carbocycles. The summed E-state index contributed by atoms with van der Waals surface area (Å²) in [6.45, 7) is 0.210. The van der Waals surface area contributed by atoms with Crippen molar-refractivity contribution in [1.29, 1.82) is 0 Å². The zero-order valence-electron chi connectivity index (χ0n) is 17.6. The molecule has 178 valence electrons. The van der Waals surface area contributed by atoms with Gasteiger partial charge in [0, 0.05) is 30.6 Å². The number of benzene rings is 2. The van der Waals surface area contributed by atoms with Gasteiger partial charge in [0.25, 0.3) is 17.3 Å². The average Bonchev–Trinajstić information content (AvgIpc) is 3.08. The van der Waals surface area contributed by atoms with Gasteiger partial charge >= 0.3 is 0 Å². The number of hydrogen-bond acceptors (Lipinski definition) is 10. The quantitative estimate of drug-likeness (QED) is 0.225. The third-order valence-electron chi connectivity index (χ3n) is 4.90. The third kappa shape index (κ3) is 5.20. The van der Waals surface area contributed by atoms with Crippen LogP contribution in [0.5, 0.6) is 5.88 Å². The van der Waals surface area contributed by atoms with Crippen LogP contribution in [0.25, 0.3) is 10.9 Å². The molecular formula is C20H20N6O8. The van der Waals surface area contributed by atoms with E-state index in [1.807, 2.05) is 0 Å². The first kappa shape index (κ1) is 24.4. The van der Waals surface area contributed by atoms with E-state index in [9.17, 15) is 40.3 Å². The number of azo groups is 1. The number of aliphatic hydroxyl groups is 2. The monoisotopic (exact) mass is 472 g/mol. The summed E-state index contributed by atoms with van der Waals surface area (Å²) >= 11 is 0. The Morgan fingerprint density at radius 2 is 1.59 bits per heavy atom. The minimum atomic E-state index is -1.08. The highest BCUT2D eigenvalue weighted by Crippen LogP contribution is 2.39. The second-order valence-corrected chi connectivity index (χ2v) is 7.08. The van der Waals surface area contributed by atoms with Crippen LogP contribution in [0.1, 0.15) is 10.4 Å². The van der Waals surface area contributed by atoms with Crippen LogP contribution >= 0.6 is 0 Å². The van der Waals surface area contributed by atoms with E-state index in [1.165, 1.54) is 4.57 Å². The van der Waals surface area contributed by atoms with Gasteiger partial charge in [-0.05, 0) is 6.07 Å². The topological polar surface area (TPSA) is 197 Å². The molecule has 0 saturated carbocycles. The molecule has 0 radical (unpaired) electrons. The van der Waals surface area contributed by atoms with E-state index in [0.29, 0.717) is 10.9 Å². The molecule has 0 unspecified atom stereocenters. The van der Waals surface area contributed by atoms with Crippen LogP contribution in [0, 0.1) is 20.2 Å². The standard InChI is InChI=1S/C20H20N6O8/c27-7-5-23(6-8-28)12-24-17-4-2-1-3-16(17)18(20(24)30)21-22-19(29)13-9-14(25(31)32)11-15(10-13)26(33)34/h1-4,9-11,27-28,30H,5-8,12H2. The summed E-state index contributed by atoms with van der Waals surface area (Å²) in [6.07, 6.45) is 0. The van der Waals surface area contributed by atoms with Crippen molar-refractivity contribution in [2.75, 3.05) is 26.3 Å². The third-order valence-corrected chi connectivity index (χ3v) is 4.90. The van der Waals surface area contributed by atoms with E-state index in [0.717, 1.165) is 18.2 Å². The predicted octanol–water partition coefficient (Wildman–Crippen LogP) is 2.33. The maximum absolute atomic E-state index is 12.5. The number of nitrogens with zero attached hydrogens (tertiary/aromatic N) is 6. The molecule has 0 saturated heterocycles. The van der Waals surface area contributed by atoms with Gasteiger partial charge in [0.2, 0.25) is 5.88 Å². The molecule has 0 aliphatic heterocycles. The molecule has 3 N–H and O–H groups in total. The van der Waals surface area contributed by atoms with Gasteiger partial charge in [-0.15, -0.1) is 10.2 Å². The van der Waals surface area contributed by atoms with Crippen molar-refractivity contribution < 1.29 is 30.0 Å². The van der Waals surface area contributed by atoms with Crippen molar-refractivity contribution in [1.82, 2.24) is 9.47 Å². The number of aromatic nitrogens is 1. The molecule has 0 spiro atoms. The number of carbonyl (C=O) groups excluding carboxylic acids is 1. The summed E-state index contributed by atoms with van der Waals surface area (Å²) < 4.78 is 1.46. The van der Waals surface area contributed by atoms with Gasteiger partial charge in [0.05, 0.1) is 46.9 Å². The lowest BCUT2D eigenvalue weighted by atomic mass is 10.1. The van der Waals surface area contributed by atoms with Crippen LogP contribution in [0.4, 0.5) is 17.1 Å². The highest BCUT2D eigenvalue weighted by atomic mass is 16.6. The van der Waals surface area contributed by atoms with Gasteiger partial charge in [-0.25, -0.2) is 0 Å². The van der Waals surface area contributed by atoms with Gasteiger partial charge in [-0.3, -0.25) is 34.5 Å². The van der Waals surface area contributed by atoms with Gasteiger partial charge in [0.1, 0.15) is 0 Å². The Balaban J connectivity index is 2.00. The number of aliphatic hydroxyl groups excluding tert-OH is 2. The second-order valence-electron chi connectivity index (χ2n) is 7.08. The first-order chi connectivity index (χ1) is 16.3. The summed E-state index contributed by atoms with van der Waals surface area (Å²) in [4.78, 5) is 34.6. The lowest BCUT2D eigenvalue weighted by molar-refractivity contribution is -0.394. The Morgan fingerprint density at radius 1 is 1.00 bits per heavy atom. The fourth-order valence-electron chi connectivity index (χ4n) is 3.33. The molecule has 0 atom stereocenters. The zero-order chi connectivity index (χ0) is 24.8. The van der Waals surface area contributed by atoms with Crippen molar-refractivity contribution in [2.45, 2.75) is 6.67 Å². The van der Waals surface area contributed by atoms with Crippen LogP contribution in [-0.4, -0.2) is 66.8 Å². The lowest BCUT2D eigenvalue weighted by Gasteiger charge is -2.21. The first-order valence-electron chi connectivity index (χ1n) is 9.91. The number of hydrogen-bond donors (Lipinski definition) is 3. The SMILES string of the molecule is O=C(N=Nc1c(O)n(CN(CCO)CCO)c2ccccc12)c1cc([N+](=O)[O-])cc([N+](=O)[O-])c1. The van der Waals surface area contributed by atoms with E-state index >= 15 is 0 Å². The molecule has 0 aliphatic carbocycles. The van der Waals surface area contributed by atoms with Gasteiger partial charge in [-0.1, -0.05) is 18.2 Å². The van der Waals surface area contributed by atoms with E-state index in [2.05, 4.69) is 10.2 Å². The van der Waals surface area contributed by atoms with Crippen LogP contribution in [-0.2, 0) is 6.67 Å². The van der Waals surface area contributed by atoms with Gasteiger partial charge in [-0.2, -0.15) is 0 Å². The number of rotatable bonds is 10. The van der Waals surface area contributed by atoms with E-state index in [4.69, 9.17) is 0 Å². The largest absolute Gasteiger partial charge is 0.493 e. The Labute approximate surface area is 191 Å². The second kappa shape index (κ2) is 10.6. The number of para-hydroxylation sites is 1. The van der Waals surface area contributed by atoms with Crippen molar-refractivity contribution in [2.24, 2.45) is 10.2 Å². The summed E-state index contributed by atoms with van der Waals surface area (Å²) in [6, 6.07) is 9.13. The average molecular weight is 472 g/mol. The van der Waals surface area contributed by atoms with Crippen LogP contribution in [0.3, 0.4) is 0 Å². The minimum Gasteiger partial charge on any atom is -0.493 e. The molecule has 34 heavy (non-hydrogen) atoms. The van der Waals surface area contributed by atoms with E-state index in [-0.39, 0.29) is 44.5 Å². The first-order valence-corrected chi connectivity index (χ1v) is 9.91. The fourth-order valence-corrected chi connectivity index (χ4v) is 3.33. The lowest BCUT2D eigenvalue weighted by Crippen LogP contribution is -2.31. The van der Waals surface area contributed by atoms with Crippen LogP contribution in [0.15, 0.2) is 52.7 Å². The maximum Gasteiger partial charge on any atom is 0.295 e. The Morgan fingerprint density at radius 3 is 2.15 bits per heavy atom. The predicted molar refractivity (Wildman–Crippen MR) is 118 cm³/mol. The molecule has 14 heteroatoms. The van der Waals surface area contributed by atoms with Gasteiger partial charge < -0.3 is 15.3 Å². The van der Waals surface area contributed by atoms with E-state index in [1.54, 1.807) is 29.2 Å². The van der Waals surface area contributed by atoms with Crippen molar-refractivity contribution >= 4 is 33.9 Å². The summed E-state index contributed by atoms with van der Waals surface area (Å²) in [7, 11) is 0. The number of nitro benzene ring substituents is 2. The zero-order valence-corrected chi connectivity index (χ0v) is 17.6. The van der Waals surface area contributed by atoms with Crippen molar-refractivity contribution in [3.8, 4) is 5.88 Å². The summed E-state index contributed by atoms with van der Waals surface area (Å²) in [5, 5.41) is 59.1. The van der Waals surface area contributed by atoms with Crippen molar-refractivity contribution in [3.05, 3.63) is 68.3 Å². The number of carbonyl (C=O) groups is 1. The molecular weight excluding hydrogens is 452 g/mol. The highest BCUT2D eigenvalue weighted by molar-refractivity contribution is 5.98. The molecule has 1 heterocycles. The Kier molecular flexibility index (Phi) is 7.57. The number of amides is 1. The van der Waals surface area contributed by atoms with Gasteiger partial charge in [0.15, 0.2) is 5.69 Å². The van der Waals surface area contributed by atoms with Crippen LogP contribution in [0.2, 0.25) is 0 Å². The normalized spacial score (nSPS) is 11.5. The number of nitro groups is 2. The highest BCUT2D eigenvalue weighted by Gasteiger charge is 2.21. The molecule has 1 amide bonds. The fraction of sp³-hybridized carbons (Fsp3) is 0.250. The van der Waals surface area contributed by atoms with E-state index < -0.39 is 32.7 Å². The molecule has 14 nitrogen and oxygen atoms in total. The van der Waals surface area contributed by atoms with Crippen molar-refractivity contribution in [3.63, 3.8) is 0 Å². The molecule has 0 aliphatic rings.